The number of halogens is 1. The number of amides is 1. The molecule has 0 spiro atoms. The number of aliphatic hydroxyl groups excluding tert-OH is 1. The van der Waals surface area contributed by atoms with Crippen LogP contribution in [0, 0.1) is 6.92 Å². The summed E-state index contributed by atoms with van der Waals surface area (Å²) < 4.78 is 7.42. The van der Waals surface area contributed by atoms with Crippen molar-refractivity contribution in [1.82, 2.24) is 9.78 Å². The molecule has 1 atom stereocenters. The molecule has 9 heteroatoms. The van der Waals surface area contributed by atoms with Crippen molar-refractivity contribution < 1.29 is 19.7 Å². The molecule has 1 aliphatic heterocycles. The zero-order chi connectivity index (χ0) is 22.3. The van der Waals surface area contributed by atoms with Gasteiger partial charge in [-0.2, -0.15) is 5.10 Å². The Morgan fingerprint density at radius 2 is 2.00 bits per heavy atom. The van der Waals surface area contributed by atoms with E-state index in [1.54, 1.807) is 18.7 Å². The van der Waals surface area contributed by atoms with E-state index in [4.69, 9.17) is 22.1 Å². The summed E-state index contributed by atoms with van der Waals surface area (Å²) in [6, 6.07) is 12.9. The van der Waals surface area contributed by atoms with Gasteiger partial charge in [0, 0.05) is 7.05 Å². The molecule has 0 saturated carbocycles. The molecule has 1 aromatic heterocycles. The number of hydrogen-bond acceptors (Lipinski definition) is 6. The Morgan fingerprint density at radius 3 is 2.71 bits per heavy atom. The molecule has 0 bridgehead atoms. The van der Waals surface area contributed by atoms with Gasteiger partial charge >= 0.3 is 0 Å². The van der Waals surface area contributed by atoms with Crippen LogP contribution in [0.1, 0.15) is 23.2 Å². The molecule has 2 aromatic carbocycles. The van der Waals surface area contributed by atoms with Gasteiger partial charge < -0.3 is 25.6 Å². The van der Waals surface area contributed by atoms with E-state index in [-0.39, 0.29) is 23.2 Å². The molecule has 0 unspecified atom stereocenters. The van der Waals surface area contributed by atoms with Crippen LogP contribution in [0.5, 0.6) is 5.75 Å². The van der Waals surface area contributed by atoms with E-state index in [9.17, 15) is 15.0 Å². The zero-order valence-corrected chi connectivity index (χ0v) is 17.9. The second-order valence-electron chi connectivity index (χ2n) is 7.51. The van der Waals surface area contributed by atoms with Crippen LogP contribution >= 0.6 is 11.6 Å². The average Bonchev–Trinajstić information content (AvgIpc) is 2.99. The van der Waals surface area contributed by atoms with Crippen molar-refractivity contribution in [1.29, 1.82) is 0 Å². The molecule has 1 amide bonds. The molecule has 31 heavy (non-hydrogen) atoms. The molecule has 0 aliphatic carbocycles. The van der Waals surface area contributed by atoms with Crippen molar-refractivity contribution in [3.05, 3.63) is 64.4 Å². The fraction of sp³-hybridized carbons (Fsp3) is 0.273. The molecular formula is C22H23ClN4O4. The van der Waals surface area contributed by atoms with E-state index in [1.807, 2.05) is 42.5 Å². The van der Waals surface area contributed by atoms with Crippen molar-refractivity contribution >= 4 is 23.2 Å². The first kappa shape index (κ1) is 21.3. The number of rotatable bonds is 4. The number of carbonyl (C=O) groups is 1. The van der Waals surface area contributed by atoms with Crippen molar-refractivity contribution in [2.24, 2.45) is 5.73 Å². The van der Waals surface area contributed by atoms with E-state index in [0.29, 0.717) is 23.7 Å². The SMILES string of the molecule is Cc1c(Cl)c(C(O)O)nn1Cc1cccc(-c2ccc3c(c2)OC[C@H](N)C(=O)N3C)c1. The van der Waals surface area contributed by atoms with Crippen molar-refractivity contribution in [2.45, 2.75) is 25.8 Å². The minimum absolute atomic E-state index is 0.0371. The van der Waals surface area contributed by atoms with Crippen LogP contribution in [0.4, 0.5) is 5.69 Å². The van der Waals surface area contributed by atoms with Gasteiger partial charge in [0.25, 0.3) is 0 Å². The second-order valence-corrected chi connectivity index (χ2v) is 7.89. The molecular weight excluding hydrogens is 420 g/mol. The number of nitrogens with zero attached hydrogens (tertiary/aromatic N) is 3. The molecule has 3 aromatic rings. The minimum atomic E-state index is -1.73. The molecule has 0 fully saturated rings. The van der Waals surface area contributed by atoms with Crippen LogP contribution in [-0.2, 0) is 11.3 Å². The average molecular weight is 443 g/mol. The predicted molar refractivity (Wildman–Crippen MR) is 117 cm³/mol. The molecule has 0 radical (unpaired) electrons. The van der Waals surface area contributed by atoms with E-state index >= 15 is 0 Å². The summed E-state index contributed by atoms with van der Waals surface area (Å²) in [4.78, 5) is 13.8. The lowest BCUT2D eigenvalue weighted by Gasteiger charge is -2.18. The van der Waals surface area contributed by atoms with E-state index in [2.05, 4.69) is 5.10 Å². The number of likely N-dealkylation sites (N-methyl/N-ethyl adjacent to an activating group) is 1. The van der Waals surface area contributed by atoms with Gasteiger partial charge in [-0.3, -0.25) is 9.48 Å². The molecule has 162 valence electrons. The standard InChI is InChI=1S/C22H23ClN4O4/c1-12-19(23)20(22(29)30)25-27(12)10-13-4-3-5-14(8-13)15-6-7-17-18(9-15)31-11-16(24)21(28)26(17)2/h3-9,16,22,29-30H,10-11,24H2,1-2H3/t16-/m0/s1. The van der Waals surface area contributed by atoms with Crippen molar-refractivity contribution in [2.75, 3.05) is 18.6 Å². The van der Waals surface area contributed by atoms with E-state index < -0.39 is 12.3 Å². The number of fused-ring (bicyclic) bond motifs is 1. The summed E-state index contributed by atoms with van der Waals surface area (Å²) in [5.74, 6) is 0.414. The van der Waals surface area contributed by atoms with Gasteiger partial charge in [-0.05, 0) is 41.8 Å². The summed E-state index contributed by atoms with van der Waals surface area (Å²) in [5.41, 5.74) is 10.1. The van der Waals surface area contributed by atoms with Crippen LogP contribution < -0.4 is 15.4 Å². The highest BCUT2D eigenvalue weighted by atomic mass is 35.5. The van der Waals surface area contributed by atoms with Crippen LogP contribution in [-0.4, -0.2) is 45.6 Å². The third kappa shape index (κ3) is 4.03. The van der Waals surface area contributed by atoms with E-state index in [1.165, 1.54) is 4.90 Å². The number of aromatic nitrogens is 2. The van der Waals surface area contributed by atoms with Crippen LogP contribution in [0.25, 0.3) is 11.1 Å². The fourth-order valence-electron chi connectivity index (χ4n) is 3.59. The van der Waals surface area contributed by atoms with Gasteiger partial charge in [0.1, 0.15) is 24.1 Å². The van der Waals surface area contributed by atoms with Crippen LogP contribution in [0.2, 0.25) is 5.02 Å². The first-order valence-corrected chi connectivity index (χ1v) is 10.1. The van der Waals surface area contributed by atoms with Gasteiger partial charge in [-0.25, -0.2) is 0 Å². The lowest BCUT2D eigenvalue weighted by molar-refractivity contribution is -0.119. The highest BCUT2D eigenvalue weighted by Gasteiger charge is 2.26. The fourth-order valence-corrected chi connectivity index (χ4v) is 3.83. The Bertz CT molecular complexity index is 1140. The Labute approximate surface area is 184 Å². The number of nitrogens with two attached hydrogens (primary N) is 1. The lowest BCUT2D eigenvalue weighted by atomic mass is 10.0. The molecule has 4 N–H and O–H groups in total. The third-order valence-corrected chi connectivity index (χ3v) is 5.85. The summed E-state index contributed by atoms with van der Waals surface area (Å²) in [6.45, 7) is 2.31. The van der Waals surface area contributed by atoms with Gasteiger partial charge in [0.15, 0.2) is 6.29 Å². The number of ether oxygens (including phenoxy) is 1. The lowest BCUT2D eigenvalue weighted by Crippen LogP contribution is -2.43. The van der Waals surface area contributed by atoms with Crippen molar-refractivity contribution in [3.8, 4) is 16.9 Å². The summed E-state index contributed by atoms with van der Waals surface area (Å²) in [5, 5.41) is 23.3. The predicted octanol–water partition coefficient (Wildman–Crippen LogP) is 2.23. The molecule has 2 heterocycles. The smallest absolute Gasteiger partial charge is 0.247 e. The maximum absolute atomic E-state index is 12.2. The highest BCUT2D eigenvalue weighted by molar-refractivity contribution is 6.31. The van der Waals surface area contributed by atoms with Gasteiger partial charge in [0.2, 0.25) is 5.91 Å². The van der Waals surface area contributed by atoms with Gasteiger partial charge in [-0.1, -0.05) is 35.9 Å². The number of carbonyl (C=O) groups excluding carboxylic acids is 1. The molecule has 1 aliphatic rings. The second kappa shape index (κ2) is 8.32. The summed E-state index contributed by atoms with van der Waals surface area (Å²) in [7, 11) is 1.69. The Morgan fingerprint density at radius 1 is 1.26 bits per heavy atom. The summed E-state index contributed by atoms with van der Waals surface area (Å²) >= 11 is 6.16. The number of hydrogen-bond donors (Lipinski definition) is 3. The number of anilines is 1. The van der Waals surface area contributed by atoms with Crippen LogP contribution in [0.3, 0.4) is 0 Å². The summed E-state index contributed by atoms with van der Waals surface area (Å²) in [6.07, 6.45) is -1.73. The molecule has 0 saturated heterocycles. The third-order valence-electron chi connectivity index (χ3n) is 5.38. The maximum Gasteiger partial charge on any atom is 0.247 e. The number of aliphatic hydroxyl groups is 2. The normalized spacial score (nSPS) is 16.3. The first-order chi connectivity index (χ1) is 14.8. The molecule has 8 nitrogen and oxygen atoms in total. The number of benzene rings is 2. The maximum atomic E-state index is 12.2. The van der Waals surface area contributed by atoms with E-state index in [0.717, 1.165) is 16.7 Å². The van der Waals surface area contributed by atoms with Crippen molar-refractivity contribution in [3.63, 3.8) is 0 Å². The Kier molecular flexibility index (Phi) is 5.72. The Hall–Kier alpha value is -2.91. The Balaban J connectivity index is 1.64. The highest BCUT2D eigenvalue weighted by Crippen LogP contribution is 2.35. The largest absolute Gasteiger partial charge is 0.489 e. The first-order valence-electron chi connectivity index (χ1n) is 9.74. The molecule has 4 rings (SSSR count). The van der Waals surface area contributed by atoms with Crippen LogP contribution in [0.15, 0.2) is 42.5 Å². The monoisotopic (exact) mass is 442 g/mol. The quantitative estimate of drug-likeness (QED) is 0.534. The van der Waals surface area contributed by atoms with Gasteiger partial charge in [0.05, 0.1) is 22.9 Å². The van der Waals surface area contributed by atoms with Gasteiger partial charge in [-0.15, -0.1) is 0 Å². The minimum Gasteiger partial charge on any atom is -0.489 e. The zero-order valence-electron chi connectivity index (χ0n) is 17.1. The topological polar surface area (TPSA) is 114 Å².